The first-order chi connectivity index (χ1) is 16.9. The molecule has 0 radical (unpaired) electrons. The topological polar surface area (TPSA) is 117 Å². The number of ether oxygens (including phenoxy) is 2. The van der Waals surface area contributed by atoms with Gasteiger partial charge in [-0.15, -0.1) is 0 Å². The van der Waals surface area contributed by atoms with Gasteiger partial charge in [-0.05, 0) is 42.8 Å². The second kappa shape index (κ2) is 10.5. The summed E-state index contributed by atoms with van der Waals surface area (Å²) < 4.78 is 13.2. The molecule has 1 aliphatic rings. The van der Waals surface area contributed by atoms with Crippen LogP contribution in [0.2, 0.25) is 0 Å². The summed E-state index contributed by atoms with van der Waals surface area (Å²) in [5.74, 6) is 0.998. The third-order valence-electron chi connectivity index (χ3n) is 6.28. The van der Waals surface area contributed by atoms with Crippen LogP contribution in [0.4, 0.5) is 0 Å². The van der Waals surface area contributed by atoms with Crippen LogP contribution in [0, 0.1) is 10.8 Å². The number of nitrogens with two attached hydrogens (primary N) is 1. The Kier molecular flexibility index (Phi) is 7.19. The molecule has 0 spiro atoms. The predicted octanol–water partition coefficient (Wildman–Crippen LogP) is 4.27. The minimum absolute atomic E-state index is 0.0260. The van der Waals surface area contributed by atoms with Crippen molar-refractivity contribution in [2.45, 2.75) is 32.4 Å². The number of piperidine rings is 1. The number of carbonyl (C=O) groups is 1. The van der Waals surface area contributed by atoms with Crippen LogP contribution in [0.5, 0.6) is 5.75 Å². The van der Waals surface area contributed by atoms with Gasteiger partial charge in [0, 0.05) is 48.9 Å². The molecule has 0 amide bonds. The lowest BCUT2D eigenvalue weighted by Gasteiger charge is -2.32. The van der Waals surface area contributed by atoms with Gasteiger partial charge >= 0.3 is 5.97 Å². The summed E-state index contributed by atoms with van der Waals surface area (Å²) in [6, 6.07) is 15.2. The highest BCUT2D eigenvalue weighted by atomic mass is 16.5. The van der Waals surface area contributed by atoms with Crippen molar-refractivity contribution in [3.8, 4) is 5.75 Å². The lowest BCUT2D eigenvalue weighted by molar-refractivity contribution is 0.0589. The smallest absolute Gasteiger partial charge is 0.354 e. The van der Waals surface area contributed by atoms with E-state index in [0.717, 1.165) is 48.1 Å². The van der Waals surface area contributed by atoms with Gasteiger partial charge in [-0.2, -0.15) is 0 Å². The normalized spacial score (nSPS) is 14.4. The molecule has 3 aromatic rings. The summed E-state index contributed by atoms with van der Waals surface area (Å²) in [6.07, 6.45) is 5.77. The molecule has 2 aromatic carbocycles. The van der Waals surface area contributed by atoms with Crippen LogP contribution in [0.3, 0.4) is 0 Å². The number of hydrogen-bond donors (Lipinski definition) is 3. The van der Waals surface area contributed by atoms with E-state index in [1.807, 2.05) is 66.1 Å². The van der Waals surface area contributed by atoms with Gasteiger partial charge in [0.25, 0.3) is 0 Å². The van der Waals surface area contributed by atoms with Gasteiger partial charge in [0.15, 0.2) is 0 Å². The van der Waals surface area contributed by atoms with E-state index in [9.17, 15) is 4.79 Å². The number of fused-ring (bicyclic) bond motifs is 1. The maximum Gasteiger partial charge on any atom is 0.354 e. The highest BCUT2D eigenvalue weighted by Crippen LogP contribution is 2.27. The molecular formula is C27H31N5O3. The molecule has 1 aliphatic heterocycles. The summed E-state index contributed by atoms with van der Waals surface area (Å²) in [4.78, 5) is 14.6. The van der Waals surface area contributed by atoms with E-state index in [0.29, 0.717) is 23.6 Å². The molecule has 0 bridgehead atoms. The first-order valence-corrected chi connectivity index (χ1v) is 11.6. The number of allylic oxidation sites excluding steroid dienone is 1. The molecule has 2 heterocycles. The number of methoxy groups -OCH3 is 1. The minimum atomic E-state index is -0.398. The number of amidine groups is 2. The third kappa shape index (κ3) is 5.54. The maximum atomic E-state index is 12.5. The number of nitrogens with zero attached hydrogens (tertiary/aromatic N) is 2. The molecule has 1 aromatic heterocycles. The Balaban J connectivity index is 1.54. The van der Waals surface area contributed by atoms with Crippen LogP contribution in [0.25, 0.3) is 17.0 Å². The SMILES string of the molecule is COC(=O)c1cc2cc(OC3CCN(C(C)=N)CC3)ccc2n1C/C=C/c1cccc(C(=N)N)c1. The van der Waals surface area contributed by atoms with Gasteiger partial charge in [-0.3, -0.25) is 10.8 Å². The van der Waals surface area contributed by atoms with Crippen LogP contribution < -0.4 is 10.5 Å². The van der Waals surface area contributed by atoms with Gasteiger partial charge in [0.05, 0.1) is 12.9 Å². The van der Waals surface area contributed by atoms with Crippen LogP contribution in [0.1, 0.15) is 41.4 Å². The fourth-order valence-electron chi connectivity index (χ4n) is 4.40. The minimum Gasteiger partial charge on any atom is -0.490 e. The molecule has 4 N–H and O–H groups in total. The molecule has 0 aliphatic carbocycles. The summed E-state index contributed by atoms with van der Waals surface area (Å²) >= 11 is 0. The zero-order chi connectivity index (χ0) is 24.9. The number of rotatable bonds is 7. The molecule has 35 heavy (non-hydrogen) atoms. The van der Waals surface area contributed by atoms with Crippen molar-refractivity contribution in [2.75, 3.05) is 20.2 Å². The molecule has 8 nitrogen and oxygen atoms in total. The van der Waals surface area contributed by atoms with E-state index in [2.05, 4.69) is 4.90 Å². The lowest BCUT2D eigenvalue weighted by atomic mass is 10.1. The summed E-state index contributed by atoms with van der Waals surface area (Å²) in [5, 5.41) is 16.3. The van der Waals surface area contributed by atoms with E-state index in [4.69, 9.17) is 26.0 Å². The molecular weight excluding hydrogens is 442 g/mol. The van der Waals surface area contributed by atoms with Crippen LogP contribution >= 0.6 is 0 Å². The van der Waals surface area contributed by atoms with E-state index in [-0.39, 0.29) is 11.9 Å². The lowest BCUT2D eigenvalue weighted by Crippen LogP contribution is -2.40. The van der Waals surface area contributed by atoms with Crippen LogP contribution in [0.15, 0.2) is 54.6 Å². The standard InChI is InChI=1S/C27H31N5O3/c1-18(28)31-13-10-22(11-14-31)35-23-8-9-24-21(16-23)17-25(27(33)34-2)32(24)12-4-6-19-5-3-7-20(15-19)26(29)30/h3-9,15-17,22,28H,10-14H2,1-2H3,(H3,29,30)/b6-4+,28-18?. The second-order valence-electron chi connectivity index (χ2n) is 8.68. The Morgan fingerprint density at radius 1 is 1.14 bits per heavy atom. The molecule has 1 saturated heterocycles. The average molecular weight is 474 g/mol. The number of nitrogens with one attached hydrogen (secondary N) is 2. The van der Waals surface area contributed by atoms with E-state index in [1.54, 1.807) is 6.07 Å². The number of hydrogen-bond acceptors (Lipinski definition) is 5. The van der Waals surface area contributed by atoms with Crippen LogP contribution in [-0.2, 0) is 11.3 Å². The number of benzene rings is 2. The molecule has 0 saturated carbocycles. The number of esters is 1. The van der Waals surface area contributed by atoms with Crippen LogP contribution in [-0.4, -0.2) is 53.4 Å². The van der Waals surface area contributed by atoms with Gasteiger partial charge in [-0.1, -0.05) is 30.4 Å². The number of nitrogen functional groups attached to an aromatic ring is 1. The summed E-state index contributed by atoms with van der Waals surface area (Å²) in [5.41, 5.74) is 8.56. The first-order valence-electron chi connectivity index (χ1n) is 11.6. The number of aromatic nitrogens is 1. The Labute approximate surface area is 204 Å². The third-order valence-corrected chi connectivity index (χ3v) is 6.28. The Morgan fingerprint density at radius 2 is 1.91 bits per heavy atom. The molecule has 182 valence electrons. The number of likely N-dealkylation sites (tertiary alicyclic amines) is 1. The molecule has 4 rings (SSSR count). The van der Waals surface area contributed by atoms with E-state index < -0.39 is 5.97 Å². The van der Waals surface area contributed by atoms with Crippen molar-refractivity contribution in [3.05, 3.63) is 71.4 Å². The fraction of sp³-hybridized carbons (Fsp3) is 0.296. The van der Waals surface area contributed by atoms with Crippen molar-refractivity contribution < 1.29 is 14.3 Å². The monoisotopic (exact) mass is 473 g/mol. The van der Waals surface area contributed by atoms with Gasteiger partial charge < -0.3 is 24.7 Å². The van der Waals surface area contributed by atoms with Crippen molar-refractivity contribution in [1.82, 2.24) is 9.47 Å². The summed E-state index contributed by atoms with van der Waals surface area (Å²) in [6.45, 7) is 3.94. The molecule has 1 fully saturated rings. The first kappa shape index (κ1) is 24.1. The van der Waals surface area contributed by atoms with Crippen molar-refractivity contribution in [1.29, 1.82) is 10.8 Å². The highest BCUT2D eigenvalue weighted by molar-refractivity contribution is 5.96. The summed E-state index contributed by atoms with van der Waals surface area (Å²) in [7, 11) is 1.38. The Hall–Kier alpha value is -4.07. The van der Waals surface area contributed by atoms with Crippen molar-refractivity contribution in [2.24, 2.45) is 5.73 Å². The zero-order valence-electron chi connectivity index (χ0n) is 20.1. The molecule has 8 heteroatoms. The highest BCUT2D eigenvalue weighted by Gasteiger charge is 2.21. The average Bonchev–Trinajstić information content (AvgIpc) is 3.21. The van der Waals surface area contributed by atoms with Gasteiger partial charge in [0.1, 0.15) is 23.4 Å². The van der Waals surface area contributed by atoms with E-state index in [1.165, 1.54) is 7.11 Å². The predicted molar refractivity (Wildman–Crippen MR) is 138 cm³/mol. The Morgan fingerprint density at radius 3 is 2.60 bits per heavy atom. The largest absolute Gasteiger partial charge is 0.490 e. The number of carbonyl (C=O) groups excluding carboxylic acids is 1. The molecule has 0 atom stereocenters. The maximum absolute atomic E-state index is 12.5. The van der Waals surface area contributed by atoms with Crippen molar-refractivity contribution >= 4 is 34.6 Å². The zero-order valence-corrected chi connectivity index (χ0v) is 20.1. The van der Waals surface area contributed by atoms with Crippen molar-refractivity contribution in [3.63, 3.8) is 0 Å². The van der Waals surface area contributed by atoms with Gasteiger partial charge in [0.2, 0.25) is 0 Å². The van der Waals surface area contributed by atoms with E-state index >= 15 is 0 Å². The quantitative estimate of drug-likeness (QED) is 0.269. The Bertz CT molecular complexity index is 1290. The molecule has 0 unspecified atom stereocenters. The fourth-order valence-corrected chi connectivity index (χ4v) is 4.40. The van der Waals surface area contributed by atoms with Gasteiger partial charge in [-0.25, -0.2) is 4.79 Å². The second-order valence-corrected chi connectivity index (χ2v) is 8.68.